The topological polar surface area (TPSA) is 72.3 Å². The van der Waals surface area contributed by atoms with Gasteiger partial charge in [0.1, 0.15) is 17.6 Å². The van der Waals surface area contributed by atoms with Crippen LogP contribution in [0.4, 0.5) is 4.39 Å². The van der Waals surface area contributed by atoms with Crippen LogP contribution in [0.1, 0.15) is 16.2 Å². The first-order chi connectivity index (χ1) is 9.49. The van der Waals surface area contributed by atoms with Crippen LogP contribution in [-0.4, -0.2) is 28.2 Å². The Morgan fingerprint density at radius 1 is 1.35 bits per heavy atom. The summed E-state index contributed by atoms with van der Waals surface area (Å²) < 4.78 is 18.4. The van der Waals surface area contributed by atoms with Crippen molar-refractivity contribution in [2.24, 2.45) is 0 Å². The first-order valence-corrected chi connectivity index (χ1v) is 5.94. The lowest BCUT2D eigenvalue weighted by molar-refractivity contribution is 0.0696. The lowest BCUT2D eigenvalue weighted by Crippen LogP contribution is -2.01. The molecule has 0 amide bonds. The van der Waals surface area contributed by atoms with Crippen molar-refractivity contribution in [1.82, 2.24) is 9.97 Å². The minimum atomic E-state index is -1.22. The maximum absolute atomic E-state index is 13.5. The molecule has 7 heteroatoms. The van der Waals surface area contributed by atoms with E-state index < -0.39 is 11.8 Å². The van der Waals surface area contributed by atoms with E-state index in [4.69, 9.17) is 21.4 Å². The van der Waals surface area contributed by atoms with Gasteiger partial charge in [-0.3, -0.25) is 0 Å². The minimum Gasteiger partial charge on any atom is -0.478 e. The smallest absolute Gasteiger partial charge is 0.335 e. The second-order valence-electron chi connectivity index (χ2n) is 3.96. The standard InChI is InChI=1S/C13H10ClFN2O3/c1-20-6-12-16-10(5-11(14)17-12)7-2-8(13(18)19)4-9(15)3-7/h2-5H,6H2,1H3,(H,18,19). The van der Waals surface area contributed by atoms with E-state index in [9.17, 15) is 9.18 Å². The highest BCUT2D eigenvalue weighted by Crippen LogP contribution is 2.23. The zero-order valence-electron chi connectivity index (χ0n) is 10.4. The van der Waals surface area contributed by atoms with Gasteiger partial charge in [0.25, 0.3) is 0 Å². The molecule has 0 spiro atoms. The van der Waals surface area contributed by atoms with E-state index in [1.54, 1.807) is 0 Å². The van der Waals surface area contributed by atoms with Crippen LogP contribution in [0.2, 0.25) is 5.15 Å². The van der Waals surface area contributed by atoms with Gasteiger partial charge in [-0.1, -0.05) is 11.6 Å². The number of halogens is 2. The Hall–Kier alpha value is -2.05. The Labute approximate surface area is 119 Å². The minimum absolute atomic E-state index is 0.147. The normalized spacial score (nSPS) is 10.6. The van der Waals surface area contributed by atoms with Crippen LogP contribution in [0.15, 0.2) is 24.3 Å². The summed E-state index contributed by atoms with van der Waals surface area (Å²) in [4.78, 5) is 19.0. The highest BCUT2D eigenvalue weighted by Gasteiger charge is 2.11. The number of aromatic nitrogens is 2. The molecule has 20 heavy (non-hydrogen) atoms. The third kappa shape index (κ3) is 3.28. The fourth-order valence-corrected chi connectivity index (χ4v) is 1.87. The lowest BCUT2D eigenvalue weighted by Gasteiger charge is -2.06. The number of hydrogen-bond donors (Lipinski definition) is 1. The zero-order valence-corrected chi connectivity index (χ0v) is 11.2. The number of carbonyl (C=O) groups is 1. The van der Waals surface area contributed by atoms with Gasteiger partial charge in [0.15, 0.2) is 5.82 Å². The Morgan fingerprint density at radius 3 is 2.75 bits per heavy atom. The van der Waals surface area contributed by atoms with Crippen molar-refractivity contribution in [3.05, 3.63) is 46.6 Å². The van der Waals surface area contributed by atoms with Crippen LogP contribution in [0, 0.1) is 5.82 Å². The molecule has 0 aliphatic rings. The summed E-state index contributed by atoms with van der Waals surface area (Å²) >= 11 is 5.86. The van der Waals surface area contributed by atoms with E-state index in [1.165, 1.54) is 25.3 Å². The summed E-state index contributed by atoms with van der Waals surface area (Å²) in [5.74, 6) is -1.55. The first kappa shape index (κ1) is 14.4. The maximum atomic E-state index is 13.5. The summed E-state index contributed by atoms with van der Waals surface area (Å²) in [6.45, 7) is 0.147. The summed E-state index contributed by atoms with van der Waals surface area (Å²) in [6, 6.07) is 4.87. The molecule has 0 saturated carbocycles. The number of nitrogens with zero attached hydrogens (tertiary/aromatic N) is 2. The van der Waals surface area contributed by atoms with Crippen LogP contribution in [0.25, 0.3) is 11.3 Å². The second-order valence-corrected chi connectivity index (χ2v) is 4.35. The number of methoxy groups -OCH3 is 1. The summed E-state index contributed by atoms with van der Waals surface area (Å²) in [7, 11) is 1.48. The van der Waals surface area contributed by atoms with Gasteiger partial charge >= 0.3 is 5.97 Å². The summed E-state index contributed by atoms with van der Waals surface area (Å²) in [5, 5.41) is 9.10. The summed E-state index contributed by atoms with van der Waals surface area (Å²) in [6.07, 6.45) is 0. The van der Waals surface area contributed by atoms with Gasteiger partial charge in [-0.25, -0.2) is 19.2 Å². The molecular weight excluding hydrogens is 287 g/mol. The van der Waals surface area contributed by atoms with Crippen molar-refractivity contribution in [2.45, 2.75) is 6.61 Å². The maximum Gasteiger partial charge on any atom is 0.335 e. The van der Waals surface area contributed by atoms with E-state index in [2.05, 4.69) is 9.97 Å². The Morgan fingerprint density at radius 2 is 2.10 bits per heavy atom. The van der Waals surface area contributed by atoms with E-state index in [-0.39, 0.29) is 17.3 Å². The lowest BCUT2D eigenvalue weighted by atomic mass is 10.1. The van der Waals surface area contributed by atoms with E-state index in [0.717, 1.165) is 6.07 Å². The SMILES string of the molecule is COCc1nc(Cl)cc(-c2cc(F)cc(C(=O)O)c2)n1. The average Bonchev–Trinajstić information content (AvgIpc) is 2.37. The molecule has 0 unspecified atom stereocenters. The molecule has 0 atom stereocenters. The van der Waals surface area contributed by atoms with Crippen LogP contribution < -0.4 is 0 Å². The number of aromatic carboxylic acids is 1. The largest absolute Gasteiger partial charge is 0.478 e. The van der Waals surface area contributed by atoms with Crippen LogP contribution in [-0.2, 0) is 11.3 Å². The van der Waals surface area contributed by atoms with Crippen LogP contribution in [0.3, 0.4) is 0 Å². The predicted octanol–water partition coefficient (Wildman–Crippen LogP) is 2.78. The van der Waals surface area contributed by atoms with Crippen molar-refractivity contribution < 1.29 is 19.0 Å². The highest BCUT2D eigenvalue weighted by atomic mass is 35.5. The van der Waals surface area contributed by atoms with E-state index >= 15 is 0 Å². The number of rotatable bonds is 4. The van der Waals surface area contributed by atoms with Crippen LogP contribution in [0.5, 0.6) is 0 Å². The van der Waals surface area contributed by atoms with Gasteiger partial charge in [-0.2, -0.15) is 0 Å². The number of carboxylic acid groups (broad SMARTS) is 1. The number of hydrogen-bond acceptors (Lipinski definition) is 4. The second kappa shape index (κ2) is 5.94. The molecule has 0 radical (unpaired) electrons. The molecule has 0 aliphatic carbocycles. The van der Waals surface area contributed by atoms with Crippen molar-refractivity contribution in [2.75, 3.05) is 7.11 Å². The van der Waals surface area contributed by atoms with Crippen molar-refractivity contribution in [1.29, 1.82) is 0 Å². The van der Waals surface area contributed by atoms with Crippen molar-refractivity contribution >= 4 is 17.6 Å². The van der Waals surface area contributed by atoms with Crippen molar-refractivity contribution in [3.63, 3.8) is 0 Å². The molecule has 1 aromatic carbocycles. The fourth-order valence-electron chi connectivity index (χ4n) is 1.67. The Kier molecular flexibility index (Phi) is 4.26. The molecule has 0 fully saturated rings. The molecule has 2 aromatic rings. The van der Waals surface area contributed by atoms with E-state index in [0.29, 0.717) is 17.1 Å². The molecule has 0 aliphatic heterocycles. The van der Waals surface area contributed by atoms with Gasteiger partial charge in [-0.15, -0.1) is 0 Å². The molecule has 1 heterocycles. The molecule has 2 rings (SSSR count). The number of benzene rings is 1. The number of carboxylic acids is 1. The quantitative estimate of drug-likeness (QED) is 0.878. The first-order valence-electron chi connectivity index (χ1n) is 5.56. The summed E-state index contributed by atoms with van der Waals surface area (Å²) in [5.41, 5.74) is 0.478. The van der Waals surface area contributed by atoms with Gasteiger partial charge < -0.3 is 9.84 Å². The average molecular weight is 297 g/mol. The fraction of sp³-hybridized carbons (Fsp3) is 0.154. The molecule has 1 aromatic heterocycles. The molecule has 5 nitrogen and oxygen atoms in total. The van der Waals surface area contributed by atoms with Gasteiger partial charge in [0, 0.05) is 18.7 Å². The monoisotopic (exact) mass is 296 g/mol. The van der Waals surface area contributed by atoms with Gasteiger partial charge in [0.05, 0.1) is 11.3 Å². The van der Waals surface area contributed by atoms with Crippen molar-refractivity contribution in [3.8, 4) is 11.3 Å². The van der Waals surface area contributed by atoms with Crippen LogP contribution >= 0.6 is 11.6 Å². The molecule has 104 valence electrons. The van der Waals surface area contributed by atoms with Gasteiger partial charge in [0.2, 0.25) is 0 Å². The highest BCUT2D eigenvalue weighted by molar-refractivity contribution is 6.29. The molecule has 0 saturated heterocycles. The number of ether oxygens (including phenoxy) is 1. The Bertz CT molecular complexity index is 664. The van der Waals surface area contributed by atoms with Gasteiger partial charge in [-0.05, 0) is 18.2 Å². The zero-order chi connectivity index (χ0) is 14.7. The Balaban J connectivity index is 2.53. The molecular formula is C13H10ClFN2O3. The third-order valence-corrected chi connectivity index (χ3v) is 2.65. The predicted molar refractivity (Wildman–Crippen MR) is 70.1 cm³/mol. The molecule has 1 N–H and O–H groups in total. The third-order valence-electron chi connectivity index (χ3n) is 2.46. The molecule has 0 bridgehead atoms. The van der Waals surface area contributed by atoms with E-state index in [1.807, 2.05) is 0 Å².